The van der Waals surface area contributed by atoms with Gasteiger partial charge in [-0.1, -0.05) is 0 Å². The first kappa shape index (κ1) is 15.4. The van der Waals surface area contributed by atoms with Crippen molar-refractivity contribution in [2.45, 2.75) is 25.1 Å². The number of ether oxygens (including phenoxy) is 2. The fourth-order valence-electron chi connectivity index (χ4n) is 0.492. The summed E-state index contributed by atoms with van der Waals surface area (Å²) in [4.78, 5) is 0. The molecular formula is C6H6F8O2. The average molecular weight is 262 g/mol. The standard InChI is InChI=1S/C6H6F8O2/c7-3(5(9,10)11)15-1-2-16-4(8)6(12,13)14/h3-4H,1-2H2. The lowest BCUT2D eigenvalue weighted by Crippen LogP contribution is -2.31. The van der Waals surface area contributed by atoms with Crippen LogP contribution in [0.15, 0.2) is 0 Å². The Hall–Kier alpha value is -0.640. The van der Waals surface area contributed by atoms with Crippen LogP contribution in [0.4, 0.5) is 35.1 Å². The number of rotatable bonds is 5. The number of halogens is 8. The first-order chi connectivity index (χ1) is 7.05. The minimum Gasteiger partial charge on any atom is -0.339 e. The van der Waals surface area contributed by atoms with Crippen molar-refractivity contribution in [3.05, 3.63) is 0 Å². The first-order valence-corrected chi connectivity index (χ1v) is 3.70. The van der Waals surface area contributed by atoms with Gasteiger partial charge in [-0.15, -0.1) is 0 Å². The van der Waals surface area contributed by atoms with Gasteiger partial charge in [-0.3, -0.25) is 0 Å². The average Bonchev–Trinajstić information content (AvgIpc) is 2.08. The van der Waals surface area contributed by atoms with Crippen LogP contribution in [-0.2, 0) is 9.47 Å². The van der Waals surface area contributed by atoms with Gasteiger partial charge in [0.15, 0.2) is 0 Å². The van der Waals surface area contributed by atoms with E-state index in [2.05, 4.69) is 9.47 Å². The normalized spacial score (nSPS) is 17.2. The molecule has 2 unspecified atom stereocenters. The third-order valence-electron chi connectivity index (χ3n) is 1.13. The van der Waals surface area contributed by atoms with Crippen molar-refractivity contribution in [1.29, 1.82) is 0 Å². The zero-order chi connectivity index (χ0) is 13.0. The molecule has 0 heterocycles. The quantitative estimate of drug-likeness (QED) is 0.560. The van der Waals surface area contributed by atoms with Crippen molar-refractivity contribution >= 4 is 0 Å². The van der Waals surface area contributed by atoms with E-state index in [4.69, 9.17) is 0 Å². The van der Waals surface area contributed by atoms with E-state index in [1.165, 1.54) is 0 Å². The van der Waals surface area contributed by atoms with Crippen LogP contribution in [0.25, 0.3) is 0 Å². The van der Waals surface area contributed by atoms with E-state index >= 15 is 0 Å². The molecule has 0 aromatic carbocycles. The lowest BCUT2D eigenvalue weighted by molar-refractivity contribution is -0.284. The molecule has 10 heteroatoms. The van der Waals surface area contributed by atoms with E-state index in [9.17, 15) is 35.1 Å². The predicted molar refractivity (Wildman–Crippen MR) is 33.8 cm³/mol. The van der Waals surface area contributed by atoms with Crippen molar-refractivity contribution in [2.75, 3.05) is 13.2 Å². The largest absolute Gasteiger partial charge is 0.445 e. The molecule has 0 aliphatic rings. The molecule has 0 saturated carbocycles. The van der Waals surface area contributed by atoms with Gasteiger partial charge < -0.3 is 9.47 Å². The van der Waals surface area contributed by atoms with Gasteiger partial charge in [-0.25, -0.2) is 8.78 Å². The molecule has 0 spiro atoms. The molecule has 0 amide bonds. The molecule has 0 aromatic rings. The van der Waals surface area contributed by atoms with Crippen LogP contribution in [0, 0.1) is 0 Å². The van der Waals surface area contributed by atoms with Crippen molar-refractivity contribution in [2.24, 2.45) is 0 Å². The van der Waals surface area contributed by atoms with Crippen LogP contribution in [0.2, 0.25) is 0 Å². The van der Waals surface area contributed by atoms with Crippen LogP contribution in [-0.4, -0.2) is 38.3 Å². The summed E-state index contributed by atoms with van der Waals surface area (Å²) in [5, 5.41) is 0. The smallest absolute Gasteiger partial charge is 0.339 e. The fourth-order valence-corrected chi connectivity index (χ4v) is 0.492. The third-order valence-corrected chi connectivity index (χ3v) is 1.13. The van der Waals surface area contributed by atoms with E-state index < -0.39 is 38.3 Å². The maximum Gasteiger partial charge on any atom is 0.445 e. The second-order valence-electron chi connectivity index (χ2n) is 2.46. The van der Waals surface area contributed by atoms with Gasteiger partial charge in [0.1, 0.15) is 0 Å². The molecule has 0 N–H and O–H groups in total. The fraction of sp³-hybridized carbons (Fsp3) is 1.00. The number of hydrogen-bond acceptors (Lipinski definition) is 2. The van der Waals surface area contributed by atoms with Gasteiger partial charge in [-0.05, 0) is 0 Å². The highest BCUT2D eigenvalue weighted by Crippen LogP contribution is 2.25. The molecule has 0 aliphatic heterocycles. The SMILES string of the molecule is FC(OCCOC(F)C(F)(F)F)C(F)(F)F. The highest BCUT2D eigenvalue weighted by Gasteiger charge is 2.42. The third kappa shape index (κ3) is 6.05. The summed E-state index contributed by atoms with van der Waals surface area (Å²) in [6.45, 7) is -2.31. The summed E-state index contributed by atoms with van der Waals surface area (Å²) < 4.78 is 99.3. The number of alkyl halides is 8. The monoisotopic (exact) mass is 262 g/mol. The Morgan fingerprint density at radius 2 is 0.938 bits per heavy atom. The van der Waals surface area contributed by atoms with Gasteiger partial charge in [0.05, 0.1) is 13.2 Å². The van der Waals surface area contributed by atoms with Crippen LogP contribution in [0.5, 0.6) is 0 Å². The molecule has 2 atom stereocenters. The Labute approximate surface area is 84.1 Å². The Bertz CT molecular complexity index is 178. The van der Waals surface area contributed by atoms with Gasteiger partial charge >= 0.3 is 12.4 Å². The predicted octanol–water partition coefficient (Wildman–Crippen LogP) is 2.74. The summed E-state index contributed by atoms with van der Waals surface area (Å²) in [6, 6.07) is 0. The second-order valence-corrected chi connectivity index (χ2v) is 2.46. The van der Waals surface area contributed by atoms with Crippen molar-refractivity contribution in [3.8, 4) is 0 Å². The van der Waals surface area contributed by atoms with Gasteiger partial charge in [0.25, 0.3) is 12.7 Å². The minimum absolute atomic E-state index is 1.16. The highest BCUT2D eigenvalue weighted by molar-refractivity contribution is 4.55. The van der Waals surface area contributed by atoms with Crippen LogP contribution >= 0.6 is 0 Å². The zero-order valence-corrected chi connectivity index (χ0v) is 7.41. The van der Waals surface area contributed by atoms with E-state index in [1.54, 1.807) is 0 Å². The molecule has 2 nitrogen and oxygen atoms in total. The molecule has 0 fully saturated rings. The summed E-state index contributed by atoms with van der Waals surface area (Å²) in [6.07, 6.45) is -17.8. The summed E-state index contributed by atoms with van der Waals surface area (Å²) in [7, 11) is 0. The molecule has 98 valence electrons. The van der Waals surface area contributed by atoms with E-state index in [0.717, 1.165) is 0 Å². The minimum atomic E-state index is -5.28. The highest BCUT2D eigenvalue weighted by atomic mass is 19.4. The van der Waals surface area contributed by atoms with Crippen molar-refractivity contribution in [3.63, 3.8) is 0 Å². The van der Waals surface area contributed by atoms with Gasteiger partial charge in [-0.2, -0.15) is 26.3 Å². The topological polar surface area (TPSA) is 18.5 Å². The van der Waals surface area contributed by atoms with Gasteiger partial charge in [0, 0.05) is 0 Å². The van der Waals surface area contributed by atoms with E-state index in [1.807, 2.05) is 0 Å². The molecule has 0 rings (SSSR count). The molecule has 0 aromatic heterocycles. The van der Waals surface area contributed by atoms with Crippen LogP contribution < -0.4 is 0 Å². The van der Waals surface area contributed by atoms with Crippen LogP contribution in [0.1, 0.15) is 0 Å². The Balaban J connectivity index is 3.70. The second kappa shape index (κ2) is 5.62. The summed E-state index contributed by atoms with van der Waals surface area (Å²) in [5.74, 6) is 0. The molecule has 16 heavy (non-hydrogen) atoms. The summed E-state index contributed by atoms with van der Waals surface area (Å²) in [5.41, 5.74) is 0. The molecule has 0 aliphatic carbocycles. The zero-order valence-electron chi connectivity index (χ0n) is 7.41. The molecule has 0 bridgehead atoms. The van der Waals surface area contributed by atoms with E-state index in [-0.39, 0.29) is 0 Å². The van der Waals surface area contributed by atoms with Crippen molar-refractivity contribution < 1.29 is 44.6 Å². The van der Waals surface area contributed by atoms with Crippen molar-refractivity contribution in [1.82, 2.24) is 0 Å². The lowest BCUT2D eigenvalue weighted by atomic mass is 10.6. The maximum absolute atomic E-state index is 11.9. The Morgan fingerprint density at radius 1 is 0.688 bits per heavy atom. The lowest BCUT2D eigenvalue weighted by Gasteiger charge is -2.15. The Kier molecular flexibility index (Phi) is 5.39. The first-order valence-electron chi connectivity index (χ1n) is 3.70. The molecule has 0 radical (unpaired) electrons. The molecular weight excluding hydrogens is 256 g/mol. The molecule has 0 saturated heterocycles. The van der Waals surface area contributed by atoms with Crippen LogP contribution in [0.3, 0.4) is 0 Å². The van der Waals surface area contributed by atoms with E-state index in [0.29, 0.717) is 0 Å². The summed E-state index contributed by atoms with van der Waals surface area (Å²) >= 11 is 0. The van der Waals surface area contributed by atoms with Gasteiger partial charge in [0.2, 0.25) is 0 Å². The Morgan fingerprint density at radius 3 is 1.12 bits per heavy atom. The maximum atomic E-state index is 11.9. The number of hydrogen-bond donors (Lipinski definition) is 0.